The van der Waals surface area contributed by atoms with Crippen molar-refractivity contribution in [2.45, 2.75) is 24.8 Å². The normalized spacial score (nSPS) is 20.6. The van der Waals surface area contributed by atoms with E-state index in [-0.39, 0.29) is 5.41 Å². The zero-order chi connectivity index (χ0) is 19.9. The Morgan fingerprint density at radius 3 is 2.52 bits per heavy atom. The van der Waals surface area contributed by atoms with Gasteiger partial charge in [-0.15, -0.1) is 0 Å². The van der Waals surface area contributed by atoms with Gasteiger partial charge in [0.2, 0.25) is 0 Å². The molecule has 7 nitrogen and oxygen atoms in total. The fourth-order valence-electron chi connectivity index (χ4n) is 4.37. The van der Waals surface area contributed by atoms with E-state index < -0.39 is 0 Å². The Labute approximate surface area is 172 Å². The van der Waals surface area contributed by atoms with Gasteiger partial charge in [0.1, 0.15) is 6.26 Å². The number of rotatable bonds is 5. The number of guanidine groups is 1. The number of hydrogen-bond acceptors (Lipinski definition) is 5. The van der Waals surface area contributed by atoms with Crippen LogP contribution in [0.1, 0.15) is 24.1 Å². The molecule has 2 aromatic rings. The highest BCUT2D eigenvalue weighted by molar-refractivity contribution is 5.80. The van der Waals surface area contributed by atoms with E-state index in [1.807, 2.05) is 13.1 Å². The first-order chi connectivity index (χ1) is 14.3. The molecule has 1 N–H and O–H groups in total. The first-order valence-electron chi connectivity index (χ1n) is 10.5. The van der Waals surface area contributed by atoms with Gasteiger partial charge in [-0.1, -0.05) is 35.5 Å². The van der Waals surface area contributed by atoms with Gasteiger partial charge in [0.25, 0.3) is 0 Å². The van der Waals surface area contributed by atoms with Gasteiger partial charge in [0.15, 0.2) is 5.96 Å². The van der Waals surface area contributed by atoms with Crippen molar-refractivity contribution in [3.8, 4) is 0 Å². The molecule has 2 fully saturated rings. The second-order valence-corrected chi connectivity index (χ2v) is 7.91. The van der Waals surface area contributed by atoms with Crippen molar-refractivity contribution in [1.82, 2.24) is 20.3 Å². The quantitative estimate of drug-likeness (QED) is 0.616. The van der Waals surface area contributed by atoms with Gasteiger partial charge in [0, 0.05) is 71.0 Å². The number of hydrogen-bond donors (Lipinski definition) is 1. The standard InChI is InChI=1S/C22H31N5O2/c1-23-21(27-12-10-26(11-13-27)17-20-7-14-29-25-20)24-18-22(8-15-28-16-9-22)19-5-3-2-4-6-19/h2-7,14H,8-13,15-18H2,1H3,(H,23,24). The molecule has 0 unspecified atom stereocenters. The van der Waals surface area contributed by atoms with Crippen molar-refractivity contribution in [2.24, 2.45) is 4.99 Å². The van der Waals surface area contributed by atoms with Gasteiger partial charge in [-0.3, -0.25) is 9.89 Å². The van der Waals surface area contributed by atoms with Gasteiger partial charge >= 0.3 is 0 Å². The van der Waals surface area contributed by atoms with Crippen LogP contribution in [0.15, 0.2) is 52.2 Å². The number of nitrogens with zero attached hydrogens (tertiary/aromatic N) is 4. The van der Waals surface area contributed by atoms with Crippen molar-refractivity contribution in [3.63, 3.8) is 0 Å². The van der Waals surface area contributed by atoms with Gasteiger partial charge in [0.05, 0.1) is 5.69 Å². The molecule has 0 spiro atoms. The largest absolute Gasteiger partial charge is 0.381 e. The van der Waals surface area contributed by atoms with Crippen LogP contribution < -0.4 is 5.32 Å². The van der Waals surface area contributed by atoms with Crippen LogP contribution in [-0.4, -0.2) is 73.9 Å². The van der Waals surface area contributed by atoms with Crippen molar-refractivity contribution < 1.29 is 9.26 Å². The lowest BCUT2D eigenvalue weighted by molar-refractivity contribution is 0.0510. The molecule has 0 bridgehead atoms. The fourth-order valence-corrected chi connectivity index (χ4v) is 4.37. The smallest absolute Gasteiger partial charge is 0.193 e. The van der Waals surface area contributed by atoms with E-state index in [9.17, 15) is 0 Å². The molecule has 0 amide bonds. The molecule has 0 radical (unpaired) electrons. The number of piperazine rings is 1. The Morgan fingerprint density at radius 1 is 1.10 bits per heavy atom. The first kappa shape index (κ1) is 19.9. The summed E-state index contributed by atoms with van der Waals surface area (Å²) >= 11 is 0. The minimum Gasteiger partial charge on any atom is -0.381 e. The van der Waals surface area contributed by atoms with Crippen LogP contribution in [0.2, 0.25) is 0 Å². The first-order valence-corrected chi connectivity index (χ1v) is 10.5. The van der Waals surface area contributed by atoms with Crippen molar-refractivity contribution in [2.75, 3.05) is 53.0 Å². The van der Waals surface area contributed by atoms with E-state index in [4.69, 9.17) is 9.26 Å². The molecule has 0 saturated carbocycles. The van der Waals surface area contributed by atoms with Crippen LogP contribution in [0.5, 0.6) is 0 Å². The third kappa shape index (κ3) is 4.79. The molecule has 3 heterocycles. The summed E-state index contributed by atoms with van der Waals surface area (Å²) < 4.78 is 10.6. The molecular formula is C22H31N5O2. The summed E-state index contributed by atoms with van der Waals surface area (Å²) in [4.78, 5) is 9.34. The van der Waals surface area contributed by atoms with E-state index in [0.717, 1.165) is 77.0 Å². The van der Waals surface area contributed by atoms with Gasteiger partial charge in [-0.2, -0.15) is 0 Å². The summed E-state index contributed by atoms with van der Waals surface area (Å²) in [5.41, 5.74) is 2.48. The summed E-state index contributed by atoms with van der Waals surface area (Å²) in [5, 5.41) is 7.70. The average Bonchev–Trinajstić information content (AvgIpc) is 3.30. The fraction of sp³-hybridized carbons (Fsp3) is 0.545. The monoisotopic (exact) mass is 397 g/mol. The molecule has 2 aliphatic heterocycles. The average molecular weight is 398 g/mol. The highest BCUT2D eigenvalue weighted by Gasteiger charge is 2.35. The van der Waals surface area contributed by atoms with E-state index in [0.29, 0.717) is 0 Å². The lowest BCUT2D eigenvalue weighted by atomic mass is 9.74. The minimum atomic E-state index is 0.101. The molecule has 156 valence electrons. The molecule has 2 aliphatic rings. The highest BCUT2D eigenvalue weighted by Crippen LogP contribution is 2.34. The van der Waals surface area contributed by atoms with Crippen molar-refractivity contribution in [3.05, 3.63) is 53.9 Å². The van der Waals surface area contributed by atoms with Crippen LogP contribution >= 0.6 is 0 Å². The van der Waals surface area contributed by atoms with E-state index in [1.54, 1.807) is 6.26 Å². The van der Waals surface area contributed by atoms with E-state index in [2.05, 4.69) is 55.6 Å². The second-order valence-electron chi connectivity index (χ2n) is 7.91. The Bertz CT molecular complexity index is 764. The van der Waals surface area contributed by atoms with Crippen molar-refractivity contribution in [1.29, 1.82) is 0 Å². The zero-order valence-corrected chi connectivity index (χ0v) is 17.2. The Morgan fingerprint density at radius 2 is 1.86 bits per heavy atom. The summed E-state index contributed by atoms with van der Waals surface area (Å²) in [7, 11) is 1.88. The number of aromatic nitrogens is 1. The van der Waals surface area contributed by atoms with Crippen LogP contribution in [-0.2, 0) is 16.7 Å². The predicted octanol–water partition coefficient (Wildman–Crippen LogP) is 2.12. The molecule has 2 saturated heterocycles. The third-order valence-electron chi connectivity index (χ3n) is 6.18. The van der Waals surface area contributed by atoms with Crippen LogP contribution in [0.3, 0.4) is 0 Å². The summed E-state index contributed by atoms with van der Waals surface area (Å²) in [6.07, 6.45) is 3.70. The lowest BCUT2D eigenvalue weighted by Crippen LogP contribution is -2.54. The van der Waals surface area contributed by atoms with Crippen LogP contribution in [0.4, 0.5) is 0 Å². The maximum Gasteiger partial charge on any atom is 0.193 e. The minimum absolute atomic E-state index is 0.101. The SMILES string of the molecule is CN=C(NCC1(c2ccccc2)CCOCC1)N1CCN(Cc2ccon2)CC1. The Balaban J connectivity index is 1.35. The van der Waals surface area contributed by atoms with Crippen molar-refractivity contribution >= 4 is 5.96 Å². The topological polar surface area (TPSA) is 66.1 Å². The van der Waals surface area contributed by atoms with Gasteiger partial charge in [-0.25, -0.2) is 0 Å². The van der Waals surface area contributed by atoms with E-state index in [1.165, 1.54) is 5.56 Å². The third-order valence-corrected chi connectivity index (χ3v) is 6.18. The van der Waals surface area contributed by atoms with Gasteiger partial charge in [-0.05, 0) is 18.4 Å². The summed E-state index contributed by atoms with van der Waals surface area (Å²) in [5.74, 6) is 0.993. The molecule has 1 aromatic heterocycles. The van der Waals surface area contributed by atoms with Crippen LogP contribution in [0, 0.1) is 0 Å². The Kier molecular flexibility index (Phi) is 6.46. The maximum absolute atomic E-state index is 5.66. The van der Waals surface area contributed by atoms with E-state index >= 15 is 0 Å². The molecule has 7 heteroatoms. The molecule has 29 heavy (non-hydrogen) atoms. The highest BCUT2D eigenvalue weighted by atomic mass is 16.5. The summed E-state index contributed by atoms with van der Waals surface area (Å²) in [6.45, 7) is 7.25. The number of ether oxygens (including phenoxy) is 1. The molecular weight excluding hydrogens is 366 g/mol. The maximum atomic E-state index is 5.66. The number of nitrogens with one attached hydrogen (secondary N) is 1. The lowest BCUT2D eigenvalue weighted by Gasteiger charge is -2.40. The molecule has 1 aromatic carbocycles. The number of aliphatic imine (C=N–C) groups is 1. The molecule has 0 aliphatic carbocycles. The zero-order valence-electron chi connectivity index (χ0n) is 17.2. The summed E-state index contributed by atoms with van der Waals surface area (Å²) in [6, 6.07) is 12.8. The Hall–Kier alpha value is -2.38. The predicted molar refractivity (Wildman–Crippen MR) is 113 cm³/mol. The second kappa shape index (κ2) is 9.41. The van der Waals surface area contributed by atoms with Crippen LogP contribution in [0.25, 0.3) is 0 Å². The number of benzene rings is 1. The molecule has 0 atom stereocenters. The van der Waals surface area contributed by atoms with Gasteiger partial charge < -0.3 is 19.5 Å². The molecule has 4 rings (SSSR count).